The van der Waals surface area contributed by atoms with Crippen LogP contribution in [0, 0.1) is 0 Å². The summed E-state index contributed by atoms with van der Waals surface area (Å²) in [4.78, 5) is 14.7. The molecule has 0 N–H and O–H groups in total. The zero-order valence-corrected chi connectivity index (χ0v) is 17.2. The van der Waals surface area contributed by atoms with E-state index in [1.54, 1.807) is 10.9 Å². The lowest BCUT2D eigenvalue weighted by molar-refractivity contribution is -0.00689. The molecule has 1 fully saturated rings. The minimum Gasteiger partial charge on any atom is -0.372 e. The molecule has 0 radical (unpaired) electrons. The molecule has 0 unspecified atom stereocenters. The summed E-state index contributed by atoms with van der Waals surface area (Å²) >= 11 is 0. The monoisotopic (exact) mass is 404 g/mol. The highest BCUT2D eigenvalue weighted by molar-refractivity contribution is 5.92. The van der Waals surface area contributed by atoms with E-state index in [0.717, 1.165) is 44.3 Å². The van der Waals surface area contributed by atoms with E-state index >= 15 is 0 Å². The van der Waals surface area contributed by atoms with Crippen LogP contribution in [0.2, 0.25) is 0 Å². The van der Waals surface area contributed by atoms with Crippen LogP contribution in [0.5, 0.6) is 0 Å². The number of rotatable bonds is 8. The molecule has 1 aliphatic heterocycles. The second-order valence-corrected chi connectivity index (χ2v) is 7.77. The zero-order valence-electron chi connectivity index (χ0n) is 17.2. The Balaban J connectivity index is 1.26. The van der Waals surface area contributed by atoms with Gasteiger partial charge in [-0.15, -0.1) is 5.10 Å². The van der Waals surface area contributed by atoms with Crippen LogP contribution >= 0.6 is 0 Å². The van der Waals surface area contributed by atoms with Gasteiger partial charge in [-0.3, -0.25) is 9.48 Å². The van der Waals surface area contributed by atoms with Crippen molar-refractivity contribution >= 4 is 5.91 Å². The number of piperidine rings is 1. The Bertz CT molecular complexity index is 927. The minimum absolute atomic E-state index is 0.0580. The van der Waals surface area contributed by atoms with Gasteiger partial charge < -0.3 is 9.64 Å². The number of ether oxygens (including phenoxy) is 1. The van der Waals surface area contributed by atoms with Crippen molar-refractivity contribution in [2.75, 3.05) is 13.1 Å². The van der Waals surface area contributed by atoms with E-state index < -0.39 is 0 Å². The fraction of sp³-hybridized carbons (Fsp3) is 0.375. The van der Waals surface area contributed by atoms with Crippen LogP contribution in [0.15, 0.2) is 66.9 Å². The van der Waals surface area contributed by atoms with Gasteiger partial charge in [-0.25, -0.2) is 0 Å². The Morgan fingerprint density at radius 2 is 1.77 bits per heavy atom. The number of amides is 1. The van der Waals surface area contributed by atoms with Crippen LogP contribution < -0.4 is 0 Å². The van der Waals surface area contributed by atoms with E-state index in [4.69, 9.17) is 4.74 Å². The van der Waals surface area contributed by atoms with Gasteiger partial charge >= 0.3 is 0 Å². The summed E-state index contributed by atoms with van der Waals surface area (Å²) in [7, 11) is 0. The third kappa shape index (κ3) is 5.54. The number of carbonyl (C=O) groups is 1. The Kier molecular flexibility index (Phi) is 6.87. The molecule has 1 atom stereocenters. The molecule has 0 spiro atoms. The van der Waals surface area contributed by atoms with Crippen molar-refractivity contribution in [1.82, 2.24) is 19.9 Å². The summed E-state index contributed by atoms with van der Waals surface area (Å²) in [6.07, 6.45) is 5.68. The SMILES string of the molecule is O=C(c1cn(CCCc2ccccc2)nn1)N1CCC[C@@H](OCc2ccccc2)C1. The van der Waals surface area contributed by atoms with Crippen molar-refractivity contribution in [3.63, 3.8) is 0 Å². The molecule has 1 aromatic heterocycles. The van der Waals surface area contributed by atoms with Gasteiger partial charge in [0.05, 0.1) is 18.9 Å². The molecule has 0 aliphatic carbocycles. The van der Waals surface area contributed by atoms with Crippen LogP contribution in [-0.4, -0.2) is 45.0 Å². The molecule has 2 heterocycles. The summed E-state index contributed by atoms with van der Waals surface area (Å²) in [5.41, 5.74) is 2.88. The predicted octanol–water partition coefficient (Wildman–Crippen LogP) is 3.73. The molecule has 30 heavy (non-hydrogen) atoms. The number of benzene rings is 2. The molecule has 6 nitrogen and oxygen atoms in total. The maximum atomic E-state index is 12.9. The number of aryl methyl sites for hydroxylation is 2. The number of aromatic nitrogens is 3. The lowest BCUT2D eigenvalue weighted by atomic mass is 10.1. The molecular formula is C24H28N4O2. The molecular weight excluding hydrogens is 376 g/mol. The first-order chi connectivity index (χ1) is 14.8. The molecule has 3 aromatic rings. The minimum atomic E-state index is -0.0580. The van der Waals surface area contributed by atoms with E-state index in [2.05, 4.69) is 46.7 Å². The van der Waals surface area contributed by atoms with Crippen LogP contribution in [-0.2, 0) is 24.3 Å². The van der Waals surface area contributed by atoms with Gasteiger partial charge in [-0.05, 0) is 36.8 Å². The number of nitrogens with zero attached hydrogens (tertiary/aromatic N) is 4. The summed E-state index contributed by atoms with van der Waals surface area (Å²) in [6.45, 7) is 2.67. The molecule has 6 heteroatoms. The number of carbonyl (C=O) groups excluding carboxylic acids is 1. The van der Waals surface area contributed by atoms with E-state index in [0.29, 0.717) is 18.8 Å². The van der Waals surface area contributed by atoms with Crippen molar-refractivity contribution in [2.24, 2.45) is 0 Å². The van der Waals surface area contributed by atoms with Crippen LogP contribution in [0.1, 0.15) is 40.9 Å². The summed E-state index contributed by atoms with van der Waals surface area (Å²) < 4.78 is 7.82. The number of hydrogen-bond acceptors (Lipinski definition) is 4. The van der Waals surface area contributed by atoms with Crippen LogP contribution in [0.3, 0.4) is 0 Å². The average Bonchev–Trinajstić information content (AvgIpc) is 3.28. The Morgan fingerprint density at radius 1 is 1.03 bits per heavy atom. The standard InChI is InChI=1S/C24H28N4O2/c29-24(23-18-28(26-25-23)16-7-13-20-9-3-1-4-10-20)27-15-8-14-22(17-27)30-19-21-11-5-2-6-12-21/h1-6,9-12,18,22H,7-8,13-17,19H2/t22-/m1/s1. The summed E-state index contributed by atoms with van der Waals surface area (Å²) in [5, 5.41) is 8.26. The van der Waals surface area contributed by atoms with Crippen molar-refractivity contribution in [3.05, 3.63) is 83.7 Å². The van der Waals surface area contributed by atoms with Crippen LogP contribution in [0.4, 0.5) is 0 Å². The number of hydrogen-bond donors (Lipinski definition) is 0. The first-order valence-electron chi connectivity index (χ1n) is 10.7. The van der Waals surface area contributed by atoms with Gasteiger partial charge in [-0.1, -0.05) is 65.9 Å². The second-order valence-electron chi connectivity index (χ2n) is 7.77. The zero-order chi connectivity index (χ0) is 20.6. The molecule has 4 rings (SSSR count). The first-order valence-corrected chi connectivity index (χ1v) is 10.7. The smallest absolute Gasteiger partial charge is 0.276 e. The summed E-state index contributed by atoms with van der Waals surface area (Å²) in [5.74, 6) is -0.0580. The largest absolute Gasteiger partial charge is 0.372 e. The van der Waals surface area contributed by atoms with E-state index in [1.165, 1.54) is 5.56 Å². The lowest BCUT2D eigenvalue weighted by Crippen LogP contribution is -2.43. The van der Waals surface area contributed by atoms with Crippen molar-refractivity contribution in [3.8, 4) is 0 Å². The fourth-order valence-electron chi connectivity index (χ4n) is 3.80. The highest BCUT2D eigenvalue weighted by atomic mass is 16.5. The molecule has 1 amide bonds. The highest BCUT2D eigenvalue weighted by Crippen LogP contribution is 2.17. The van der Waals surface area contributed by atoms with Crippen molar-refractivity contribution in [1.29, 1.82) is 0 Å². The normalized spacial score (nSPS) is 16.5. The Morgan fingerprint density at radius 3 is 2.53 bits per heavy atom. The van der Waals surface area contributed by atoms with Gasteiger partial charge in [-0.2, -0.15) is 0 Å². The maximum absolute atomic E-state index is 12.9. The van der Waals surface area contributed by atoms with Gasteiger partial charge in [0.15, 0.2) is 5.69 Å². The number of likely N-dealkylation sites (tertiary alicyclic amines) is 1. The molecule has 2 aromatic carbocycles. The van der Waals surface area contributed by atoms with E-state index in [9.17, 15) is 4.79 Å². The quantitative estimate of drug-likeness (QED) is 0.574. The van der Waals surface area contributed by atoms with Crippen molar-refractivity contribution in [2.45, 2.75) is 44.9 Å². The summed E-state index contributed by atoms with van der Waals surface area (Å²) in [6, 6.07) is 20.5. The fourth-order valence-corrected chi connectivity index (χ4v) is 3.80. The topological polar surface area (TPSA) is 60.2 Å². The lowest BCUT2D eigenvalue weighted by Gasteiger charge is -2.32. The first kappa shape index (κ1) is 20.3. The highest BCUT2D eigenvalue weighted by Gasteiger charge is 2.26. The Labute approximate surface area is 177 Å². The average molecular weight is 405 g/mol. The molecule has 0 bridgehead atoms. The van der Waals surface area contributed by atoms with Gasteiger partial charge in [0, 0.05) is 19.6 Å². The predicted molar refractivity (Wildman–Crippen MR) is 115 cm³/mol. The third-order valence-corrected chi connectivity index (χ3v) is 5.45. The third-order valence-electron chi connectivity index (χ3n) is 5.45. The van der Waals surface area contributed by atoms with E-state index in [-0.39, 0.29) is 12.0 Å². The molecule has 0 saturated carbocycles. The van der Waals surface area contributed by atoms with Gasteiger partial charge in [0.1, 0.15) is 0 Å². The van der Waals surface area contributed by atoms with Gasteiger partial charge in [0.2, 0.25) is 0 Å². The molecule has 1 saturated heterocycles. The molecule has 1 aliphatic rings. The maximum Gasteiger partial charge on any atom is 0.276 e. The molecule has 156 valence electrons. The van der Waals surface area contributed by atoms with Crippen LogP contribution in [0.25, 0.3) is 0 Å². The second kappa shape index (κ2) is 10.2. The van der Waals surface area contributed by atoms with Crippen molar-refractivity contribution < 1.29 is 9.53 Å². The Hall–Kier alpha value is -2.99. The van der Waals surface area contributed by atoms with Gasteiger partial charge in [0.25, 0.3) is 5.91 Å². The van der Waals surface area contributed by atoms with E-state index in [1.807, 2.05) is 29.2 Å².